The Bertz CT molecular complexity index is 716. The van der Waals surface area contributed by atoms with Crippen molar-refractivity contribution in [3.05, 3.63) is 60.7 Å². The lowest BCUT2D eigenvalue weighted by Crippen LogP contribution is -2.67. The molecule has 0 aliphatic rings. The van der Waals surface area contributed by atoms with Crippen molar-refractivity contribution in [2.45, 2.75) is 45.8 Å². The minimum atomic E-state index is -2.68. The molecule has 0 radical (unpaired) electrons. The second kappa shape index (κ2) is 9.03. The van der Waals surface area contributed by atoms with Gasteiger partial charge in [-0.05, 0) is 22.3 Å². The highest BCUT2D eigenvalue weighted by molar-refractivity contribution is 6.99. The summed E-state index contributed by atoms with van der Waals surface area (Å²) < 4.78 is 6.77. The molecule has 0 unspecified atom stereocenters. The van der Waals surface area contributed by atoms with Crippen LogP contribution in [0.4, 0.5) is 0 Å². The van der Waals surface area contributed by atoms with Gasteiger partial charge in [0.05, 0.1) is 12.0 Å². The van der Waals surface area contributed by atoms with Crippen molar-refractivity contribution in [2.24, 2.45) is 11.8 Å². The fourth-order valence-electron chi connectivity index (χ4n) is 3.76. The van der Waals surface area contributed by atoms with Gasteiger partial charge in [-0.3, -0.25) is 4.79 Å². The molecule has 0 bridgehead atoms. The van der Waals surface area contributed by atoms with Crippen LogP contribution in [-0.2, 0) is 9.22 Å². The van der Waals surface area contributed by atoms with Crippen molar-refractivity contribution in [1.29, 1.82) is 0 Å². The van der Waals surface area contributed by atoms with Crippen LogP contribution in [0.2, 0.25) is 5.04 Å². The van der Waals surface area contributed by atoms with E-state index in [-0.39, 0.29) is 11.0 Å². The molecule has 3 atom stereocenters. The molecular weight excluding hydrogens is 368 g/mol. The number of hydrogen-bond donors (Lipinski definition) is 2. The maximum absolute atomic E-state index is 11.3. The number of benzene rings is 2. The Morgan fingerprint density at radius 1 is 0.964 bits per heavy atom. The predicted molar refractivity (Wildman–Crippen MR) is 116 cm³/mol. The van der Waals surface area contributed by atoms with Crippen LogP contribution in [0, 0.1) is 11.8 Å². The molecular formula is C23H32O4Si. The van der Waals surface area contributed by atoms with E-state index in [9.17, 15) is 15.0 Å². The van der Waals surface area contributed by atoms with E-state index in [0.29, 0.717) is 6.61 Å². The average molecular weight is 401 g/mol. The van der Waals surface area contributed by atoms with E-state index in [1.165, 1.54) is 17.3 Å². The third-order valence-corrected chi connectivity index (χ3v) is 10.5. The number of carbonyl (C=O) groups is 1. The molecule has 2 aromatic rings. The quantitative estimate of drug-likeness (QED) is 0.668. The Morgan fingerprint density at radius 3 is 1.75 bits per heavy atom. The lowest BCUT2D eigenvalue weighted by molar-refractivity contribution is -0.146. The van der Waals surface area contributed by atoms with Gasteiger partial charge in [-0.1, -0.05) is 88.4 Å². The minimum Gasteiger partial charge on any atom is -0.481 e. The molecule has 0 fully saturated rings. The summed E-state index contributed by atoms with van der Waals surface area (Å²) in [6.07, 6.45) is -0.962. The van der Waals surface area contributed by atoms with Crippen LogP contribution < -0.4 is 10.4 Å². The molecule has 28 heavy (non-hydrogen) atoms. The first-order valence-corrected chi connectivity index (χ1v) is 11.7. The topological polar surface area (TPSA) is 66.8 Å². The highest BCUT2D eigenvalue weighted by atomic mass is 28.4. The number of carboxylic acid groups (broad SMARTS) is 1. The largest absolute Gasteiger partial charge is 0.481 e. The monoisotopic (exact) mass is 400 g/mol. The highest BCUT2D eigenvalue weighted by Gasteiger charge is 2.50. The van der Waals surface area contributed by atoms with Gasteiger partial charge >= 0.3 is 5.97 Å². The normalized spacial score (nSPS) is 15.6. The van der Waals surface area contributed by atoms with E-state index in [0.717, 1.165) is 0 Å². The van der Waals surface area contributed by atoms with Crippen molar-refractivity contribution in [3.63, 3.8) is 0 Å². The summed E-state index contributed by atoms with van der Waals surface area (Å²) in [4.78, 5) is 11.3. The number of hydrogen-bond acceptors (Lipinski definition) is 3. The van der Waals surface area contributed by atoms with Gasteiger partial charge in [0.15, 0.2) is 0 Å². The summed E-state index contributed by atoms with van der Waals surface area (Å²) >= 11 is 0. The van der Waals surface area contributed by atoms with Crippen molar-refractivity contribution >= 4 is 24.7 Å². The molecule has 0 saturated heterocycles. The standard InChI is InChI=1S/C23H32O4Si/c1-17(21(24)18(2)22(25)26)16-27-28(23(3,4)5,19-12-8-6-9-13-19)20-14-10-7-11-15-20/h6-15,17-18,21,24H,16H2,1-5H3,(H,25,26)/t17-,18+,21+/m0/s1. The second-order valence-corrected chi connectivity index (χ2v) is 12.9. The van der Waals surface area contributed by atoms with E-state index in [2.05, 4.69) is 45.0 Å². The smallest absolute Gasteiger partial charge is 0.308 e. The Hall–Kier alpha value is -1.95. The van der Waals surface area contributed by atoms with Crippen LogP contribution in [0.3, 0.4) is 0 Å². The molecule has 0 amide bonds. The van der Waals surface area contributed by atoms with Gasteiger partial charge in [-0.15, -0.1) is 0 Å². The fourth-order valence-corrected chi connectivity index (χ4v) is 8.42. The third kappa shape index (κ3) is 4.54. The SMILES string of the molecule is C[C@@H](CO[Si](c1ccccc1)(c1ccccc1)C(C)(C)C)[C@@H](O)[C@@H](C)C(=O)O. The number of carboxylic acids is 1. The lowest BCUT2D eigenvalue weighted by atomic mass is 9.94. The van der Waals surface area contributed by atoms with Crippen molar-refractivity contribution in [3.8, 4) is 0 Å². The number of aliphatic hydroxyl groups excluding tert-OH is 1. The number of aliphatic hydroxyl groups is 1. The fraction of sp³-hybridized carbons (Fsp3) is 0.435. The predicted octanol–water partition coefficient (Wildman–Crippen LogP) is 3.28. The van der Waals surface area contributed by atoms with Crippen LogP contribution in [0.15, 0.2) is 60.7 Å². The van der Waals surface area contributed by atoms with Gasteiger partial charge in [-0.2, -0.15) is 0 Å². The zero-order valence-electron chi connectivity index (χ0n) is 17.4. The maximum Gasteiger partial charge on any atom is 0.308 e. The van der Waals surface area contributed by atoms with E-state index in [4.69, 9.17) is 4.43 Å². The first-order chi connectivity index (χ1) is 13.1. The van der Waals surface area contributed by atoms with E-state index < -0.39 is 26.3 Å². The van der Waals surface area contributed by atoms with Gasteiger partial charge in [0, 0.05) is 12.5 Å². The summed E-state index contributed by atoms with van der Waals surface area (Å²) in [5.74, 6) is -2.13. The van der Waals surface area contributed by atoms with Gasteiger partial charge in [0.2, 0.25) is 0 Å². The Labute approximate surface area is 169 Å². The molecule has 0 aliphatic heterocycles. The second-order valence-electron chi connectivity index (χ2n) is 8.57. The van der Waals surface area contributed by atoms with Crippen LogP contribution in [-0.4, -0.2) is 37.2 Å². The Kier molecular flexibility index (Phi) is 7.20. The van der Waals surface area contributed by atoms with Gasteiger partial charge in [0.1, 0.15) is 0 Å². The summed E-state index contributed by atoms with van der Waals surface area (Å²) in [5.41, 5.74) is 0. The van der Waals surface area contributed by atoms with E-state index >= 15 is 0 Å². The van der Waals surface area contributed by atoms with Crippen LogP contribution in [0.25, 0.3) is 0 Å². The zero-order chi connectivity index (χ0) is 20.9. The van der Waals surface area contributed by atoms with Gasteiger partial charge in [-0.25, -0.2) is 0 Å². The number of rotatable bonds is 8. The Balaban J connectivity index is 2.46. The number of aliphatic carboxylic acids is 1. The molecule has 0 spiro atoms. The summed E-state index contributed by atoms with van der Waals surface area (Å²) in [5, 5.41) is 21.9. The molecule has 2 N–H and O–H groups in total. The van der Waals surface area contributed by atoms with E-state index in [1.54, 1.807) is 0 Å². The molecule has 0 aromatic heterocycles. The van der Waals surface area contributed by atoms with Crippen molar-refractivity contribution in [2.75, 3.05) is 6.61 Å². The zero-order valence-corrected chi connectivity index (χ0v) is 18.4. The molecule has 0 aliphatic carbocycles. The van der Waals surface area contributed by atoms with Crippen LogP contribution >= 0.6 is 0 Å². The molecule has 2 rings (SSSR count). The van der Waals surface area contributed by atoms with Crippen molar-refractivity contribution < 1.29 is 19.4 Å². The highest BCUT2D eigenvalue weighted by Crippen LogP contribution is 2.37. The summed E-state index contributed by atoms with van der Waals surface area (Å²) in [7, 11) is -2.68. The van der Waals surface area contributed by atoms with Crippen molar-refractivity contribution in [1.82, 2.24) is 0 Å². The van der Waals surface area contributed by atoms with Gasteiger partial charge in [0.25, 0.3) is 8.32 Å². The van der Waals surface area contributed by atoms with Gasteiger partial charge < -0.3 is 14.6 Å². The molecule has 152 valence electrons. The minimum absolute atomic E-state index is 0.154. The molecule has 0 saturated carbocycles. The van der Waals surface area contributed by atoms with Crippen LogP contribution in [0.1, 0.15) is 34.6 Å². The molecule has 2 aromatic carbocycles. The van der Waals surface area contributed by atoms with Crippen LogP contribution in [0.5, 0.6) is 0 Å². The first kappa shape index (κ1) is 22.3. The summed E-state index contributed by atoms with van der Waals surface area (Å²) in [6, 6.07) is 20.6. The summed E-state index contributed by atoms with van der Waals surface area (Å²) in [6.45, 7) is 10.3. The molecule has 0 heterocycles. The molecule has 5 heteroatoms. The third-order valence-electron chi connectivity index (χ3n) is 5.46. The first-order valence-electron chi connectivity index (χ1n) is 9.77. The lowest BCUT2D eigenvalue weighted by Gasteiger charge is -2.44. The Morgan fingerprint density at radius 2 is 1.39 bits per heavy atom. The molecule has 4 nitrogen and oxygen atoms in total. The average Bonchev–Trinajstić information content (AvgIpc) is 2.67. The van der Waals surface area contributed by atoms with E-state index in [1.807, 2.05) is 43.3 Å². The maximum atomic E-state index is 11.3.